The number of nitrogens with zero attached hydrogens (tertiary/aromatic N) is 7. The Morgan fingerprint density at radius 2 is 1.93 bits per heavy atom. The van der Waals surface area contributed by atoms with Gasteiger partial charge in [-0.3, -0.25) is 28.8 Å². The number of aryl methyl sites for hydroxylation is 1. The molecule has 5 heterocycles. The Bertz CT molecular complexity index is 1690. The van der Waals surface area contributed by atoms with Gasteiger partial charge < -0.3 is 14.8 Å². The topological polar surface area (TPSA) is 135 Å². The lowest BCUT2D eigenvalue weighted by Gasteiger charge is -2.25. The zero-order valence-corrected chi connectivity index (χ0v) is 23.7. The molecule has 0 spiro atoms. The van der Waals surface area contributed by atoms with E-state index in [1.54, 1.807) is 57.0 Å². The maximum Gasteiger partial charge on any atom is 0.250 e. The third-order valence-electron chi connectivity index (χ3n) is 8.11. The van der Waals surface area contributed by atoms with Gasteiger partial charge in [0, 0.05) is 60.6 Å². The van der Waals surface area contributed by atoms with Gasteiger partial charge in [-0.15, -0.1) is 0 Å². The van der Waals surface area contributed by atoms with E-state index >= 15 is 0 Å². The summed E-state index contributed by atoms with van der Waals surface area (Å²) in [6, 6.07) is 8.00. The average Bonchev–Trinajstić information content (AvgIpc) is 3.75. The first kappa shape index (κ1) is 27.3. The summed E-state index contributed by atoms with van der Waals surface area (Å²) in [7, 11) is 1.78. The van der Waals surface area contributed by atoms with Gasteiger partial charge in [-0.1, -0.05) is 13.0 Å². The molecule has 2 saturated heterocycles. The molecule has 0 saturated carbocycles. The number of ketones is 1. The number of likely N-dealkylation sites (tertiary alicyclic amines) is 1. The van der Waals surface area contributed by atoms with Crippen LogP contribution in [0.3, 0.4) is 0 Å². The second-order valence-electron chi connectivity index (χ2n) is 11.2. The number of Topliss-reactive ketones (excluding diaryl/α,β-unsaturated/α-hetero) is 1. The molecule has 6 rings (SSSR count). The summed E-state index contributed by atoms with van der Waals surface area (Å²) < 4.78 is 3.40. The third-order valence-corrected chi connectivity index (χ3v) is 8.11. The highest BCUT2D eigenvalue weighted by Crippen LogP contribution is 2.30. The van der Waals surface area contributed by atoms with Gasteiger partial charge >= 0.3 is 0 Å². The number of benzene rings is 1. The fraction of sp³-hybridized carbons (Fsp3) is 0.367. The van der Waals surface area contributed by atoms with Crippen molar-refractivity contribution in [3.63, 3.8) is 0 Å². The van der Waals surface area contributed by atoms with Crippen LogP contribution in [0.25, 0.3) is 22.0 Å². The summed E-state index contributed by atoms with van der Waals surface area (Å²) in [6.07, 6.45) is 7.72. The van der Waals surface area contributed by atoms with Crippen LogP contribution < -0.4 is 10.2 Å². The zero-order chi connectivity index (χ0) is 29.5. The van der Waals surface area contributed by atoms with Gasteiger partial charge in [-0.05, 0) is 49.4 Å². The Balaban J connectivity index is 1.19. The van der Waals surface area contributed by atoms with Gasteiger partial charge in [-0.25, -0.2) is 0 Å². The molecule has 2 aliphatic heterocycles. The molecule has 0 aliphatic carbocycles. The molecule has 3 atom stereocenters. The number of fused-ring (bicyclic) bond motifs is 1. The number of nitrogens with one attached hydrogen (secondary N) is 1. The van der Waals surface area contributed by atoms with Crippen molar-refractivity contribution in [3.05, 3.63) is 60.7 Å². The molecule has 0 bridgehead atoms. The highest BCUT2D eigenvalue weighted by Gasteiger charge is 2.41. The summed E-state index contributed by atoms with van der Waals surface area (Å²) in [4.78, 5) is 55.8. The average molecular weight is 569 g/mol. The number of rotatable bonds is 7. The van der Waals surface area contributed by atoms with E-state index in [-0.39, 0.29) is 36.0 Å². The summed E-state index contributed by atoms with van der Waals surface area (Å²) >= 11 is 0. The fourth-order valence-corrected chi connectivity index (χ4v) is 6.01. The monoisotopic (exact) mass is 568 g/mol. The summed E-state index contributed by atoms with van der Waals surface area (Å²) in [5.74, 6) is -0.181. The van der Waals surface area contributed by atoms with Crippen LogP contribution in [-0.4, -0.2) is 78.1 Å². The normalized spacial score (nSPS) is 20.5. The van der Waals surface area contributed by atoms with Crippen molar-refractivity contribution in [2.24, 2.45) is 13.0 Å². The number of carbonyl (C=O) groups is 4. The maximum atomic E-state index is 13.7. The van der Waals surface area contributed by atoms with E-state index in [9.17, 15) is 19.2 Å². The van der Waals surface area contributed by atoms with E-state index in [1.165, 1.54) is 6.92 Å². The van der Waals surface area contributed by atoms with Crippen molar-refractivity contribution < 1.29 is 19.2 Å². The van der Waals surface area contributed by atoms with E-state index in [0.29, 0.717) is 37.3 Å². The number of aromatic nitrogens is 5. The Kier molecular flexibility index (Phi) is 7.05. The fourth-order valence-electron chi connectivity index (χ4n) is 6.01. The molecule has 216 valence electrons. The molecule has 2 fully saturated rings. The van der Waals surface area contributed by atoms with Crippen molar-refractivity contribution in [2.45, 2.75) is 45.3 Å². The van der Waals surface area contributed by atoms with Crippen LogP contribution in [-0.2, 0) is 28.0 Å². The minimum atomic E-state index is -0.677. The Morgan fingerprint density at radius 1 is 1.10 bits per heavy atom. The van der Waals surface area contributed by atoms with E-state index < -0.39 is 12.1 Å². The number of amides is 3. The number of hydrogen-bond acceptors (Lipinski definition) is 7. The molecule has 0 radical (unpaired) electrons. The Morgan fingerprint density at radius 3 is 2.64 bits per heavy atom. The Labute approximate surface area is 242 Å². The minimum absolute atomic E-state index is 0.0216. The van der Waals surface area contributed by atoms with Gasteiger partial charge in [0.1, 0.15) is 18.6 Å². The van der Waals surface area contributed by atoms with Gasteiger partial charge in [0.2, 0.25) is 11.8 Å². The van der Waals surface area contributed by atoms with Crippen LogP contribution in [0, 0.1) is 5.92 Å². The molecule has 1 N–H and O–H groups in total. The molecule has 3 amide bonds. The van der Waals surface area contributed by atoms with E-state index in [0.717, 1.165) is 22.0 Å². The maximum absolute atomic E-state index is 13.7. The second kappa shape index (κ2) is 10.8. The lowest BCUT2D eigenvalue weighted by molar-refractivity contribution is -0.139. The summed E-state index contributed by atoms with van der Waals surface area (Å²) in [5, 5.41) is 15.7. The molecule has 3 aromatic heterocycles. The van der Waals surface area contributed by atoms with Gasteiger partial charge in [0.15, 0.2) is 11.6 Å². The SMILES string of the molecule is CC(=O)c1cn(CC(=O)N2C[C@H](C)C[C@H]2C(=O)NC2CCN(c3ccn(C)n3)C2=O)c2ccc(-c3ccnnc3)cc12. The molecular weight excluding hydrogens is 536 g/mol. The first-order valence-electron chi connectivity index (χ1n) is 14.0. The van der Waals surface area contributed by atoms with Crippen molar-refractivity contribution in [1.29, 1.82) is 0 Å². The van der Waals surface area contributed by atoms with Gasteiger partial charge in [0.25, 0.3) is 5.91 Å². The van der Waals surface area contributed by atoms with Crippen molar-refractivity contribution in [3.8, 4) is 11.1 Å². The van der Waals surface area contributed by atoms with Crippen LogP contribution in [0.15, 0.2) is 55.1 Å². The minimum Gasteiger partial charge on any atom is -0.342 e. The number of carbonyl (C=O) groups excluding carboxylic acids is 4. The molecule has 42 heavy (non-hydrogen) atoms. The molecule has 2 aliphatic rings. The van der Waals surface area contributed by atoms with Crippen molar-refractivity contribution in [2.75, 3.05) is 18.0 Å². The smallest absolute Gasteiger partial charge is 0.250 e. The van der Waals surface area contributed by atoms with Crippen LogP contribution in [0.1, 0.15) is 37.0 Å². The third kappa shape index (κ3) is 5.04. The largest absolute Gasteiger partial charge is 0.342 e. The molecular formula is C30H32N8O4. The second-order valence-corrected chi connectivity index (χ2v) is 11.2. The highest BCUT2D eigenvalue weighted by atomic mass is 16.2. The van der Waals surface area contributed by atoms with Gasteiger partial charge in [0.05, 0.1) is 12.4 Å². The lowest BCUT2D eigenvalue weighted by Crippen LogP contribution is -2.51. The predicted octanol–water partition coefficient (Wildman–Crippen LogP) is 2.19. The highest BCUT2D eigenvalue weighted by molar-refractivity contribution is 6.08. The van der Waals surface area contributed by atoms with Crippen molar-refractivity contribution in [1.82, 2.24) is 34.8 Å². The van der Waals surface area contributed by atoms with Crippen LogP contribution >= 0.6 is 0 Å². The summed E-state index contributed by atoms with van der Waals surface area (Å²) in [6.45, 7) is 4.39. The number of anilines is 1. The van der Waals surface area contributed by atoms with E-state index in [2.05, 4.69) is 20.6 Å². The van der Waals surface area contributed by atoms with Crippen LogP contribution in [0.2, 0.25) is 0 Å². The Hall–Kier alpha value is -4.87. The number of hydrogen-bond donors (Lipinski definition) is 1. The summed E-state index contributed by atoms with van der Waals surface area (Å²) in [5.41, 5.74) is 3.02. The van der Waals surface area contributed by atoms with E-state index in [1.807, 2.05) is 31.2 Å². The predicted molar refractivity (Wildman–Crippen MR) is 154 cm³/mol. The molecule has 1 aromatic carbocycles. The van der Waals surface area contributed by atoms with E-state index in [4.69, 9.17) is 0 Å². The van der Waals surface area contributed by atoms with Crippen molar-refractivity contribution >= 4 is 40.2 Å². The molecule has 1 unspecified atom stereocenters. The lowest BCUT2D eigenvalue weighted by atomic mass is 10.0. The first-order chi connectivity index (χ1) is 20.2. The molecule has 12 nitrogen and oxygen atoms in total. The zero-order valence-electron chi connectivity index (χ0n) is 23.7. The first-order valence-corrected chi connectivity index (χ1v) is 14.0. The standard InChI is InChI=1S/C30H32N8O4/c1-18-12-26(29(41)33-24-7-11-37(30(24)42)27-8-10-35(3)34-27)38(15-18)28(40)17-36-16-23(19(2)39)22-13-20(4-5-25(22)36)21-6-9-31-32-14-21/h4-6,8-10,13-14,16,18,24,26H,7,11-12,15,17H2,1-3H3,(H,33,41)/t18-,24?,26+/m1/s1. The molecule has 12 heteroatoms. The molecule has 4 aromatic rings. The quantitative estimate of drug-likeness (QED) is 0.338. The van der Waals surface area contributed by atoms with Crippen LogP contribution in [0.5, 0.6) is 0 Å². The van der Waals surface area contributed by atoms with Crippen LogP contribution in [0.4, 0.5) is 5.82 Å². The van der Waals surface area contributed by atoms with Gasteiger partial charge in [-0.2, -0.15) is 15.3 Å².